The van der Waals surface area contributed by atoms with Gasteiger partial charge in [0.1, 0.15) is 6.10 Å². The molecule has 4 aliphatic carbocycles. The molecule has 0 aromatic heterocycles. The first kappa shape index (κ1) is 18.7. The van der Waals surface area contributed by atoms with Gasteiger partial charge in [0, 0.05) is 18.8 Å². The molecule has 0 aromatic carbocycles. The molecule has 0 heterocycles. The van der Waals surface area contributed by atoms with Crippen molar-refractivity contribution in [3.8, 4) is 0 Å². The molecule has 6 atom stereocenters. The van der Waals surface area contributed by atoms with E-state index < -0.39 is 5.41 Å². The molecule has 0 saturated heterocycles. The summed E-state index contributed by atoms with van der Waals surface area (Å²) >= 11 is 0. The summed E-state index contributed by atoms with van der Waals surface area (Å²) in [5.74, 6) is 0.894. The molecule has 0 N–H and O–H groups in total. The van der Waals surface area contributed by atoms with Crippen LogP contribution in [0.25, 0.3) is 0 Å². The SMILES string of the molecule is COC(=O)[C@]12CCC(=O)C=C1CC[C@@H]1[C@@H]2CC[C@]2(C)[C@H](OC(C)=O)CC[C@@H]12. The van der Waals surface area contributed by atoms with E-state index in [-0.39, 0.29) is 35.2 Å². The number of hydrogen-bond acceptors (Lipinski definition) is 5. The van der Waals surface area contributed by atoms with Crippen molar-refractivity contribution in [2.45, 2.75) is 71.3 Å². The molecule has 0 bridgehead atoms. The third-order valence-corrected chi connectivity index (χ3v) is 8.26. The van der Waals surface area contributed by atoms with Gasteiger partial charge in [-0.15, -0.1) is 0 Å². The number of carbonyl (C=O) groups is 3. The molecule has 5 heteroatoms. The van der Waals surface area contributed by atoms with E-state index in [1.807, 2.05) is 0 Å². The van der Waals surface area contributed by atoms with Crippen molar-refractivity contribution in [2.75, 3.05) is 7.11 Å². The molecule has 0 aliphatic heterocycles. The maximum absolute atomic E-state index is 13.0. The summed E-state index contributed by atoms with van der Waals surface area (Å²) < 4.78 is 11.0. The Morgan fingerprint density at radius 1 is 1.07 bits per heavy atom. The second-order valence-electron chi connectivity index (χ2n) is 9.23. The van der Waals surface area contributed by atoms with Gasteiger partial charge in [-0.05, 0) is 74.3 Å². The lowest BCUT2D eigenvalue weighted by atomic mass is 9.47. The number of methoxy groups -OCH3 is 1. The number of esters is 2. The van der Waals surface area contributed by atoms with Crippen LogP contribution in [0, 0.1) is 28.6 Å². The molecule has 0 radical (unpaired) electrons. The molecule has 0 aromatic rings. The Morgan fingerprint density at radius 3 is 2.56 bits per heavy atom. The van der Waals surface area contributed by atoms with Crippen molar-refractivity contribution >= 4 is 17.7 Å². The standard InChI is InChI=1S/C22H30O5/c1-13(23)27-19-7-6-17-16-5-4-14-12-15(24)8-11-22(14,20(25)26-3)18(16)9-10-21(17,19)2/h12,16-19H,4-11H2,1-3H3/t16-,17-,18-,19+,21-,22+/m0/s1. The van der Waals surface area contributed by atoms with E-state index in [0.29, 0.717) is 24.7 Å². The van der Waals surface area contributed by atoms with Gasteiger partial charge in [0.25, 0.3) is 0 Å². The quantitative estimate of drug-likeness (QED) is 0.691. The van der Waals surface area contributed by atoms with Gasteiger partial charge in [0.05, 0.1) is 12.5 Å². The maximum atomic E-state index is 13.0. The maximum Gasteiger partial charge on any atom is 0.316 e. The smallest absolute Gasteiger partial charge is 0.316 e. The summed E-state index contributed by atoms with van der Waals surface area (Å²) in [4.78, 5) is 36.6. The number of rotatable bonds is 2. The van der Waals surface area contributed by atoms with Crippen LogP contribution in [0.2, 0.25) is 0 Å². The molecule has 148 valence electrons. The molecule has 4 rings (SSSR count). The number of ether oxygens (including phenoxy) is 2. The highest BCUT2D eigenvalue weighted by atomic mass is 16.5. The Bertz CT molecular complexity index is 709. The average molecular weight is 374 g/mol. The van der Waals surface area contributed by atoms with E-state index in [4.69, 9.17) is 9.47 Å². The van der Waals surface area contributed by atoms with Crippen LogP contribution in [0.3, 0.4) is 0 Å². The Morgan fingerprint density at radius 2 is 1.85 bits per heavy atom. The zero-order valence-electron chi connectivity index (χ0n) is 16.6. The van der Waals surface area contributed by atoms with Crippen LogP contribution in [0.1, 0.15) is 65.2 Å². The molecular weight excluding hydrogens is 344 g/mol. The van der Waals surface area contributed by atoms with E-state index in [1.54, 1.807) is 6.08 Å². The van der Waals surface area contributed by atoms with Crippen LogP contribution in [-0.2, 0) is 23.9 Å². The zero-order valence-corrected chi connectivity index (χ0v) is 16.6. The zero-order chi connectivity index (χ0) is 19.4. The van der Waals surface area contributed by atoms with Gasteiger partial charge in [-0.3, -0.25) is 14.4 Å². The number of fused-ring (bicyclic) bond motifs is 5. The van der Waals surface area contributed by atoms with E-state index in [2.05, 4.69) is 6.92 Å². The van der Waals surface area contributed by atoms with E-state index >= 15 is 0 Å². The van der Waals surface area contributed by atoms with Gasteiger partial charge in [0.2, 0.25) is 0 Å². The van der Waals surface area contributed by atoms with Crippen LogP contribution in [-0.4, -0.2) is 30.9 Å². The molecule has 0 spiro atoms. The van der Waals surface area contributed by atoms with Gasteiger partial charge >= 0.3 is 11.9 Å². The number of carbonyl (C=O) groups excluding carboxylic acids is 3. The van der Waals surface area contributed by atoms with Crippen LogP contribution in [0.15, 0.2) is 11.6 Å². The minimum absolute atomic E-state index is 0.00412. The van der Waals surface area contributed by atoms with Gasteiger partial charge in [-0.1, -0.05) is 6.92 Å². The summed E-state index contributed by atoms with van der Waals surface area (Å²) in [6.45, 7) is 3.76. The summed E-state index contributed by atoms with van der Waals surface area (Å²) in [6.07, 6.45) is 8.39. The fourth-order valence-electron chi connectivity index (χ4n) is 7.13. The number of ketones is 1. The van der Waals surface area contributed by atoms with Gasteiger partial charge < -0.3 is 9.47 Å². The molecule has 0 amide bonds. The van der Waals surface area contributed by atoms with Gasteiger partial charge in [-0.2, -0.15) is 0 Å². The van der Waals surface area contributed by atoms with Crippen LogP contribution in [0.5, 0.6) is 0 Å². The van der Waals surface area contributed by atoms with Crippen molar-refractivity contribution < 1.29 is 23.9 Å². The molecule has 4 aliphatic rings. The molecule has 5 nitrogen and oxygen atoms in total. The Hall–Kier alpha value is -1.65. The monoisotopic (exact) mass is 374 g/mol. The molecule has 0 unspecified atom stereocenters. The van der Waals surface area contributed by atoms with Crippen molar-refractivity contribution in [2.24, 2.45) is 28.6 Å². The van der Waals surface area contributed by atoms with Gasteiger partial charge in [0.15, 0.2) is 5.78 Å². The summed E-state index contributed by atoms with van der Waals surface area (Å²) in [5, 5.41) is 0. The lowest BCUT2D eigenvalue weighted by molar-refractivity contribution is -0.167. The highest BCUT2D eigenvalue weighted by molar-refractivity contribution is 5.95. The predicted molar refractivity (Wildman–Crippen MR) is 98.6 cm³/mol. The molecule has 3 fully saturated rings. The average Bonchev–Trinajstić information content (AvgIpc) is 2.96. The van der Waals surface area contributed by atoms with Crippen molar-refractivity contribution in [1.82, 2.24) is 0 Å². The van der Waals surface area contributed by atoms with E-state index in [0.717, 1.165) is 44.1 Å². The van der Waals surface area contributed by atoms with Crippen molar-refractivity contribution in [3.63, 3.8) is 0 Å². The number of hydrogen-bond donors (Lipinski definition) is 0. The van der Waals surface area contributed by atoms with Crippen molar-refractivity contribution in [3.05, 3.63) is 11.6 Å². The second kappa shape index (κ2) is 6.46. The highest BCUT2D eigenvalue weighted by Gasteiger charge is 2.63. The van der Waals surface area contributed by atoms with Crippen molar-refractivity contribution in [1.29, 1.82) is 0 Å². The second-order valence-corrected chi connectivity index (χ2v) is 9.23. The first-order valence-corrected chi connectivity index (χ1v) is 10.3. The fraction of sp³-hybridized carbons (Fsp3) is 0.773. The molecular formula is C22H30O5. The summed E-state index contributed by atoms with van der Waals surface area (Å²) in [6, 6.07) is 0. The Kier molecular flexibility index (Phi) is 4.47. The topological polar surface area (TPSA) is 69.7 Å². The molecule has 27 heavy (non-hydrogen) atoms. The first-order chi connectivity index (χ1) is 12.8. The third-order valence-electron chi connectivity index (χ3n) is 8.26. The minimum atomic E-state index is -0.619. The highest BCUT2D eigenvalue weighted by Crippen LogP contribution is 2.66. The van der Waals surface area contributed by atoms with E-state index in [1.165, 1.54) is 14.0 Å². The minimum Gasteiger partial charge on any atom is -0.468 e. The molecule has 3 saturated carbocycles. The summed E-state index contributed by atoms with van der Waals surface area (Å²) in [7, 11) is 1.47. The lowest BCUT2D eigenvalue weighted by Crippen LogP contribution is -2.55. The largest absolute Gasteiger partial charge is 0.468 e. The Labute approximate surface area is 160 Å². The fourth-order valence-corrected chi connectivity index (χ4v) is 7.13. The van der Waals surface area contributed by atoms with Crippen LogP contribution >= 0.6 is 0 Å². The third kappa shape index (κ3) is 2.60. The predicted octanol–water partition coefficient (Wildman–Crippen LogP) is 3.60. The van der Waals surface area contributed by atoms with Gasteiger partial charge in [-0.25, -0.2) is 0 Å². The normalized spacial score (nSPS) is 43.1. The van der Waals surface area contributed by atoms with E-state index in [9.17, 15) is 14.4 Å². The Balaban J connectivity index is 1.70. The lowest BCUT2D eigenvalue weighted by Gasteiger charge is -2.57. The van der Waals surface area contributed by atoms with Crippen LogP contribution in [0.4, 0.5) is 0 Å². The summed E-state index contributed by atoms with van der Waals surface area (Å²) in [5.41, 5.74) is 0.382. The first-order valence-electron chi connectivity index (χ1n) is 10.3. The van der Waals surface area contributed by atoms with Crippen LogP contribution < -0.4 is 0 Å².